The summed E-state index contributed by atoms with van der Waals surface area (Å²) >= 11 is 5.96. The molecule has 0 amide bonds. The van der Waals surface area contributed by atoms with Crippen molar-refractivity contribution >= 4 is 31.5 Å². The molecule has 0 aliphatic rings. The van der Waals surface area contributed by atoms with Crippen molar-refractivity contribution in [1.82, 2.24) is 14.9 Å². The molecular formula is C14H18ClN3O5S2. The number of sulfone groups is 1. The highest BCUT2D eigenvalue weighted by molar-refractivity contribution is 7.90. The lowest BCUT2D eigenvalue weighted by atomic mass is 10.2. The standard InChI is InChI=1S/C14H18ClN3O5S2/c1-2-9-25(21,22)16-8-7-13-17-18-14(23-13)24(19,20)10-11-5-3-4-6-12(11)15/h3-6,16H,2,7-10H2,1H3. The molecule has 0 fully saturated rings. The summed E-state index contributed by atoms with van der Waals surface area (Å²) in [5.41, 5.74) is 0.427. The molecule has 2 rings (SSSR count). The van der Waals surface area contributed by atoms with Crippen molar-refractivity contribution in [3.63, 3.8) is 0 Å². The van der Waals surface area contributed by atoms with Crippen molar-refractivity contribution in [3.8, 4) is 0 Å². The molecule has 2 aromatic rings. The fraction of sp³-hybridized carbons (Fsp3) is 0.429. The minimum Gasteiger partial charge on any atom is -0.412 e. The first-order valence-corrected chi connectivity index (χ1v) is 11.2. The van der Waals surface area contributed by atoms with Gasteiger partial charge in [-0.1, -0.05) is 41.8 Å². The minimum atomic E-state index is -3.84. The van der Waals surface area contributed by atoms with E-state index in [4.69, 9.17) is 16.0 Å². The van der Waals surface area contributed by atoms with Gasteiger partial charge in [0.1, 0.15) is 0 Å². The zero-order valence-electron chi connectivity index (χ0n) is 13.5. The monoisotopic (exact) mass is 407 g/mol. The van der Waals surface area contributed by atoms with E-state index in [1.807, 2.05) is 0 Å². The molecular weight excluding hydrogens is 390 g/mol. The van der Waals surface area contributed by atoms with Crippen LogP contribution in [-0.2, 0) is 32.0 Å². The number of hydrogen-bond acceptors (Lipinski definition) is 7. The van der Waals surface area contributed by atoms with Crippen LogP contribution < -0.4 is 4.72 Å². The topological polar surface area (TPSA) is 119 Å². The maximum absolute atomic E-state index is 12.3. The Morgan fingerprint density at radius 2 is 1.88 bits per heavy atom. The Kier molecular flexibility index (Phi) is 6.55. The fourth-order valence-corrected chi connectivity index (χ4v) is 4.55. The Balaban J connectivity index is 2.01. The van der Waals surface area contributed by atoms with Gasteiger partial charge in [-0.25, -0.2) is 21.6 Å². The van der Waals surface area contributed by atoms with Crippen molar-refractivity contribution < 1.29 is 21.3 Å². The van der Waals surface area contributed by atoms with Crippen LogP contribution in [0.25, 0.3) is 0 Å². The second-order valence-electron chi connectivity index (χ2n) is 5.28. The number of sulfonamides is 1. The van der Waals surface area contributed by atoms with Crippen LogP contribution in [0.2, 0.25) is 5.02 Å². The summed E-state index contributed by atoms with van der Waals surface area (Å²) in [6.07, 6.45) is 0.595. The zero-order valence-corrected chi connectivity index (χ0v) is 15.9. The van der Waals surface area contributed by atoms with Crippen molar-refractivity contribution in [3.05, 3.63) is 40.7 Å². The molecule has 1 heterocycles. The van der Waals surface area contributed by atoms with Crippen LogP contribution >= 0.6 is 11.6 Å². The highest BCUT2D eigenvalue weighted by Crippen LogP contribution is 2.21. The summed E-state index contributed by atoms with van der Waals surface area (Å²) in [6.45, 7) is 1.81. The molecule has 0 spiro atoms. The average molecular weight is 408 g/mol. The van der Waals surface area contributed by atoms with Gasteiger partial charge in [0.25, 0.3) is 0 Å². The lowest BCUT2D eigenvalue weighted by Gasteiger charge is -2.03. The van der Waals surface area contributed by atoms with Gasteiger partial charge in [-0.2, -0.15) is 0 Å². The van der Waals surface area contributed by atoms with Gasteiger partial charge in [-0.3, -0.25) is 0 Å². The predicted molar refractivity (Wildman–Crippen MR) is 92.4 cm³/mol. The van der Waals surface area contributed by atoms with Gasteiger partial charge in [-0.15, -0.1) is 5.10 Å². The first-order chi connectivity index (χ1) is 11.7. The molecule has 0 aliphatic heterocycles. The summed E-state index contributed by atoms with van der Waals surface area (Å²) in [6, 6.07) is 6.56. The van der Waals surface area contributed by atoms with Gasteiger partial charge >= 0.3 is 5.22 Å². The Morgan fingerprint density at radius 1 is 1.16 bits per heavy atom. The number of nitrogens with one attached hydrogen (secondary N) is 1. The Hall–Kier alpha value is -1.49. The second kappa shape index (κ2) is 8.26. The zero-order chi connectivity index (χ0) is 18.5. The summed E-state index contributed by atoms with van der Waals surface area (Å²) in [5.74, 6) is -0.303. The van der Waals surface area contributed by atoms with E-state index in [-0.39, 0.29) is 30.4 Å². The van der Waals surface area contributed by atoms with Crippen molar-refractivity contribution in [2.24, 2.45) is 0 Å². The van der Waals surface area contributed by atoms with Crippen LogP contribution in [0.1, 0.15) is 24.8 Å². The van der Waals surface area contributed by atoms with Crippen molar-refractivity contribution in [2.45, 2.75) is 30.7 Å². The third-order valence-electron chi connectivity index (χ3n) is 3.15. The molecule has 8 nitrogen and oxygen atoms in total. The van der Waals surface area contributed by atoms with E-state index in [2.05, 4.69) is 14.9 Å². The molecule has 0 bridgehead atoms. The Labute approximate surface area is 151 Å². The number of hydrogen-bond donors (Lipinski definition) is 1. The number of aromatic nitrogens is 2. The first kappa shape index (κ1) is 19.8. The highest BCUT2D eigenvalue weighted by atomic mass is 35.5. The third kappa shape index (κ3) is 5.77. The Bertz CT molecular complexity index is 925. The summed E-state index contributed by atoms with van der Waals surface area (Å²) < 4.78 is 55.2. The summed E-state index contributed by atoms with van der Waals surface area (Å²) in [5, 5.41) is 7.00. The van der Waals surface area contributed by atoms with E-state index in [9.17, 15) is 16.8 Å². The van der Waals surface area contributed by atoms with Gasteiger partial charge in [0, 0.05) is 18.0 Å². The third-order valence-corrected chi connectivity index (χ3v) is 6.50. The lowest BCUT2D eigenvalue weighted by Crippen LogP contribution is -2.28. The summed E-state index contributed by atoms with van der Waals surface area (Å²) in [7, 11) is -7.18. The van der Waals surface area contributed by atoms with E-state index in [0.29, 0.717) is 17.0 Å². The van der Waals surface area contributed by atoms with Crippen LogP contribution in [-0.4, -0.2) is 39.3 Å². The van der Waals surface area contributed by atoms with Crippen molar-refractivity contribution in [2.75, 3.05) is 12.3 Å². The molecule has 0 saturated carbocycles. The number of halogens is 1. The summed E-state index contributed by atoms with van der Waals surface area (Å²) in [4.78, 5) is 0. The minimum absolute atomic E-state index is 0.0221. The number of benzene rings is 1. The molecule has 1 aromatic heterocycles. The first-order valence-electron chi connectivity index (χ1n) is 7.49. The SMILES string of the molecule is CCCS(=O)(=O)NCCc1nnc(S(=O)(=O)Cc2ccccc2Cl)o1. The molecule has 1 N–H and O–H groups in total. The van der Waals surface area contributed by atoms with Crippen molar-refractivity contribution in [1.29, 1.82) is 0 Å². The molecule has 0 aliphatic carbocycles. The maximum Gasteiger partial charge on any atom is 0.335 e. The molecule has 0 atom stereocenters. The molecule has 0 saturated heterocycles. The van der Waals surface area contributed by atoms with E-state index < -0.39 is 25.1 Å². The van der Waals surface area contributed by atoms with Gasteiger partial charge in [0.15, 0.2) is 0 Å². The van der Waals surface area contributed by atoms with E-state index in [1.165, 1.54) is 0 Å². The molecule has 11 heteroatoms. The molecule has 0 radical (unpaired) electrons. The van der Waals surface area contributed by atoms with E-state index in [0.717, 1.165) is 0 Å². The van der Waals surface area contributed by atoms with Gasteiger partial charge in [0.2, 0.25) is 25.8 Å². The second-order valence-corrected chi connectivity index (χ2v) is 9.48. The number of nitrogens with zero attached hydrogens (tertiary/aromatic N) is 2. The Morgan fingerprint density at radius 3 is 2.56 bits per heavy atom. The molecule has 1 aromatic carbocycles. The normalized spacial score (nSPS) is 12.4. The van der Waals surface area contributed by atoms with Crippen LogP contribution in [0.4, 0.5) is 0 Å². The average Bonchev–Trinajstić information content (AvgIpc) is 2.99. The van der Waals surface area contributed by atoms with Crippen LogP contribution in [0.5, 0.6) is 0 Å². The van der Waals surface area contributed by atoms with Crippen LogP contribution in [0.15, 0.2) is 33.9 Å². The largest absolute Gasteiger partial charge is 0.412 e. The fourth-order valence-electron chi connectivity index (χ4n) is 2.00. The number of rotatable bonds is 9. The molecule has 0 unspecified atom stereocenters. The lowest BCUT2D eigenvalue weighted by molar-refractivity contribution is 0.395. The van der Waals surface area contributed by atoms with Gasteiger partial charge in [-0.05, 0) is 18.1 Å². The highest BCUT2D eigenvalue weighted by Gasteiger charge is 2.24. The predicted octanol–water partition coefficient (Wildman–Crippen LogP) is 1.57. The van der Waals surface area contributed by atoms with Gasteiger partial charge < -0.3 is 4.42 Å². The van der Waals surface area contributed by atoms with Crippen LogP contribution in [0, 0.1) is 0 Å². The smallest absolute Gasteiger partial charge is 0.335 e. The quantitative estimate of drug-likeness (QED) is 0.669. The van der Waals surface area contributed by atoms with E-state index >= 15 is 0 Å². The van der Waals surface area contributed by atoms with E-state index in [1.54, 1.807) is 31.2 Å². The molecule has 25 heavy (non-hydrogen) atoms. The maximum atomic E-state index is 12.3. The molecule has 138 valence electrons. The van der Waals surface area contributed by atoms with Crippen LogP contribution in [0.3, 0.4) is 0 Å². The van der Waals surface area contributed by atoms with Gasteiger partial charge in [0.05, 0.1) is 11.5 Å².